The molecule has 1 aromatic heterocycles. The predicted octanol–water partition coefficient (Wildman–Crippen LogP) is 3.64. The van der Waals surface area contributed by atoms with Gasteiger partial charge in [-0.15, -0.1) is 0 Å². The van der Waals surface area contributed by atoms with Gasteiger partial charge in [0.25, 0.3) is 0 Å². The second-order valence-corrected chi connectivity index (χ2v) is 9.86. The molecule has 1 atom stereocenters. The molecule has 1 spiro atoms. The first-order valence-electron chi connectivity index (χ1n) is 12.6. The van der Waals surface area contributed by atoms with E-state index in [4.69, 9.17) is 0 Å². The number of aryl methyl sites for hydroxylation is 1. The lowest BCUT2D eigenvalue weighted by molar-refractivity contribution is -0.133. The van der Waals surface area contributed by atoms with Crippen molar-refractivity contribution in [1.82, 2.24) is 25.0 Å². The van der Waals surface area contributed by atoms with E-state index < -0.39 is 0 Å². The highest BCUT2D eigenvalue weighted by molar-refractivity contribution is 5.83. The zero-order valence-electron chi connectivity index (χ0n) is 20.1. The van der Waals surface area contributed by atoms with E-state index in [0.29, 0.717) is 19.5 Å². The van der Waals surface area contributed by atoms with Gasteiger partial charge in [0.15, 0.2) is 0 Å². The van der Waals surface area contributed by atoms with Gasteiger partial charge in [-0.05, 0) is 42.2 Å². The van der Waals surface area contributed by atoms with Gasteiger partial charge >= 0.3 is 0 Å². The third kappa shape index (κ3) is 5.45. The lowest BCUT2D eigenvalue weighted by atomic mass is 9.88. The van der Waals surface area contributed by atoms with Gasteiger partial charge in [-0.25, -0.2) is 4.98 Å². The molecular weight excluding hydrogens is 438 g/mol. The number of carbonyl (C=O) groups is 2. The van der Waals surface area contributed by atoms with Crippen LogP contribution in [-0.2, 0) is 16.1 Å². The number of amides is 2. The molecular formula is C28H33N5O2. The van der Waals surface area contributed by atoms with Crippen molar-refractivity contribution in [1.29, 1.82) is 0 Å². The van der Waals surface area contributed by atoms with E-state index in [2.05, 4.69) is 63.9 Å². The molecule has 1 aliphatic carbocycles. The van der Waals surface area contributed by atoms with Crippen LogP contribution in [0, 0.1) is 11.3 Å². The van der Waals surface area contributed by atoms with Gasteiger partial charge in [0.05, 0.1) is 6.54 Å². The Morgan fingerprint density at radius 2 is 1.66 bits per heavy atom. The zero-order chi connectivity index (χ0) is 24.1. The van der Waals surface area contributed by atoms with Crippen molar-refractivity contribution in [2.75, 3.05) is 19.6 Å². The third-order valence-electron chi connectivity index (χ3n) is 7.78. The number of piperidine rings is 1. The van der Waals surface area contributed by atoms with Crippen LogP contribution in [0.25, 0.3) is 0 Å². The number of aromatic nitrogens is 3. The molecule has 3 aromatic rings. The van der Waals surface area contributed by atoms with Crippen LogP contribution in [0.1, 0.15) is 49.1 Å². The molecule has 1 N–H and O–H groups in total. The fraction of sp³-hybridized carbons (Fsp3) is 0.429. The fourth-order valence-corrected chi connectivity index (χ4v) is 5.55. The molecule has 1 saturated carbocycles. The van der Waals surface area contributed by atoms with Crippen molar-refractivity contribution in [3.8, 4) is 0 Å². The molecule has 2 amide bonds. The molecule has 7 nitrogen and oxygen atoms in total. The van der Waals surface area contributed by atoms with E-state index in [1.807, 2.05) is 17.0 Å². The van der Waals surface area contributed by atoms with Crippen LogP contribution >= 0.6 is 0 Å². The molecule has 35 heavy (non-hydrogen) atoms. The number of nitrogens with zero attached hydrogens (tertiary/aromatic N) is 4. The molecule has 182 valence electrons. The summed E-state index contributed by atoms with van der Waals surface area (Å²) in [5, 5.41) is 7.28. The lowest BCUT2D eigenvalue weighted by Gasteiger charge is -2.33. The van der Waals surface area contributed by atoms with Crippen molar-refractivity contribution in [2.24, 2.45) is 11.3 Å². The van der Waals surface area contributed by atoms with Crippen LogP contribution < -0.4 is 5.32 Å². The number of nitrogens with one attached hydrogen (secondary N) is 1. The fourth-order valence-electron chi connectivity index (χ4n) is 5.55. The summed E-state index contributed by atoms with van der Waals surface area (Å²) in [4.78, 5) is 31.4. The quantitative estimate of drug-likeness (QED) is 0.517. The molecule has 2 aromatic carbocycles. The number of hydrogen-bond donors (Lipinski definition) is 1. The van der Waals surface area contributed by atoms with E-state index in [-0.39, 0.29) is 29.1 Å². The minimum Gasteiger partial charge on any atom is -0.356 e. The maximum absolute atomic E-state index is 13.0. The van der Waals surface area contributed by atoms with E-state index in [9.17, 15) is 9.59 Å². The highest BCUT2D eigenvalue weighted by Crippen LogP contribution is 2.59. The number of likely N-dealkylation sites (tertiary alicyclic amines) is 1. The van der Waals surface area contributed by atoms with Crippen LogP contribution in [0.2, 0.25) is 0 Å². The van der Waals surface area contributed by atoms with E-state index in [0.717, 1.165) is 38.8 Å². The smallest absolute Gasteiger partial charge is 0.224 e. The average Bonchev–Trinajstić information content (AvgIpc) is 3.33. The summed E-state index contributed by atoms with van der Waals surface area (Å²) < 4.78 is 1.69. The Labute approximate surface area is 206 Å². The molecule has 2 fully saturated rings. The Morgan fingerprint density at radius 1 is 1.00 bits per heavy atom. The summed E-state index contributed by atoms with van der Waals surface area (Å²) in [5.41, 5.74) is 2.64. The molecule has 2 aliphatic rings. The van der Waals surface area contributed by atoms with E-state index >= 15 is 0 Å². The molecule has 0 radical (unpaired) electrons. The van der Waals surface area contributed by atoms with Gasteiger partial charge in [0.1, 0.15) is 12.7 Å². The minimum absolute atomic E-state index is 0.0850. The molecule has 1 aliphatic heterocycles. The Hall–Kier alpha value is -3.48. The first-order valence-corrected chi connectivity index (χ1v) is 12.6. The van der Waals surface area contributed by atoms with Crippen molar-refractivity contribution in [2.45, 2.75) is 44.6 Å². The normalized spacial score (nSPS) is 18.5. The summed E-state index contributed by atoms with van der Waals surface area (Å²) in [5.74, 6) is 0.681. The van der Waals surface area contributed by atoms with Crippen molar-refractivity contribution < 1.29 is 9.59 Å². The van der Waals surface area contributed by atoms with Crippen molar-refractivity contribution in [3.05, 3.63) is 84.4 Å². The topological polar surface area (TPSA) is 80.1 Å². The number of hydrogen-bond acceptors (Lipinski definition) is 4. The first-order chi connectivity index (χ1) is 17.1. The van der Waals surface area contributed by atoms with E-state index in [1.165, 1.54) is 17.5 Å². The number of benzene rings is 2. The molecule has 0 bridgehead atoms. The molecule has 5 rings (SSSR count). The summed E-state index contributed by atoms with van der Waals surface area (Å²) in [7, 11) is 0. The van der Waals surface area contributed by atoms with Gasteiger partial charge in [0, 0.05) is 37.9 Å². The second-order valence-electron chi connectivity index (χ2n) is 9.86. The number of rotatable bonds is 9. The summed E-state index contributed by atoms with van der Waals surface area (Å²) in [6.45, 7) is 2.69. The Kier molecular flexibility index (Phi) is 6.93. The van der Waals surface area contributed by atoms with Gasteiger partial charge in [-0.3, -0.25) is 14.3 Å². The summed E-state index contributed by atoms with van der Waals surface area (Å²) >= 11 is 0. The van der Waals surface area contributed by atoms with Gasteiger partial charge < -0.3 is 10.2 Å². The summed E-state index contributed by atoms with van der Waals surface area (Å²) in [6.07, 6.45) is 7.19. The predicted molar refractivity (Wildman–Crippen MR) is 133 cm³/mol. The monoisotopic (exact) mass is 471 g/mol. The van der Waals surface area contributed by atoms with Gasteiger partial charge in [-0.2, -0.15) is 5.10 Å². The van der Waals surface area contributed by atoms with Crippen LogP contribution in [0.5, 0.6) is 0 Å². The highest BCUT2D eigenvalue weighted by Gasteiger charge is 2.58. The third-order valence-corrected chi connectivity index (χ3v) is 7.78. The molecule has 1 saturated heterocycles. The van der Waals surface area contributed by atoms with Crippen LogP contribution in [-0.4, -0.2) is 51.1 Å². The van der Waals surface area contributed by atoms with E-state index in [1.54, 1.807) is 11.0 Å². The number of carbonyl (C=O) groups excluding carboxylic acids is 2. The first kappa shape index (κ1) is 23.3. The minimum atomic E-state index is 0.0850. The van der Waals surface area contributed by atoms with Crippen LogP contribution in [0.15, 0.2) is 73.3 Å². The molecule has 0 unspecified atom stereocenters. The van der Waals surface area contributed by atoms with Crippen LogP contribution in [0.4, 0.5) is 0 Å². The molecule has 7 heteroatoms. The summed E-state index contributed by atoms with van der Waals surface area (Å²) in [6, 6.07) is 21.0. The van der Waals surface area contributed by atoms with Gasteiger partial charge in [0.2, 0.25) is 11.8 Å². The standard InChI is InChI=1S/C28H33N5O2/c34-26(12-16-33-21-29-20-31-33)32-17-13-28(14-18-32)19-25(28)27(35)30-15-11-24(22-7-3-1-4-8-22)23-9-5-2-6-10-23/h1-10,20-21,24-25H,11-19H2,(H,30,35)/t25-/m0/s1. The largest absolute Gasteiger partial charge is 0.356 e. The average molecular weight is 472 g/mol. The Bertz CT molecular complexity index is 1070. The zero-order valence-corrected chi connectivity index (χ0v) is 20.1. The maximum atomic E-state index is 13.0. The Balaban J connectivity index is 1.09. The van der Waals surface area contributed by atoms with Crippen molar-refractivity contribution in [3.63, 3.8) is 0 Å². The maximum Gasteiger partial charge on any atom is 0.224 e. The van der Waals surface area contributed by atoms with Crippen LogP contribution in [0.3, 0.4) is 0 Å². The second kappa shape index (κ2) is 10.4. The van der Waals surface area contributed by atoms with Gasteiger partial charge in [-0.1, -0.05) is 60.7 Å². The lowest BCUT2D eigenvalue weighted by Crippen LogP contribution is -2.41. The molecule has 2 heterocycles. The Morgan fingerprint density at radius 3 is 2.26 bits per heavy atom. The van der Waals surface area contributed by atoms with Crippen molar-refractivity contribution >= 4 is 11.8 Å². The highest BCUT2D eigenvalue weighted by atomic mass is 16.2. The SMILES string of the molecule is O=C(NCCC(c1ccccc1)c1ccccc1)[C@@H]1CC12CCN(C(=O)CCn1cncn1)CC2.